The maximum atomic E-state index is 12.8. The average Bonchev–Trinajstić information content (AvgIpc) is 2.81. The lowest BCUT2D eigenvalue weighted by Crippen LogP contribution is -2.47. The molecule has 2 fully saturated rings. The molecule has 124 valence electrons. The lowest BCUT2D eigenvalue weighted by atomic mass is 9.75. The SMILES string of the molecule is CN1C(=O)C2(CCN(C(=O)CN)CC2)CC1Cc1cnccn1. The molecule has 2 N–H and O–H groups in total. The molecule has 0 bridgehead atoms. The standard InChI is InChI=1S/C16H23N5O2/c1-20-13(8-12-11-18-4-5-19-12)9-16(15(20)23)2-6-21(7-3-16)14(22)10-17/h4-5,11,13H,2-3,6-10,17H2,1H3. The van der Waals surface area contributed by atoms with Gasteiger partial charge in [0, 0.05) is 51.2 Å². The van der Waals surface area contributed by atoms with Gasteiger partial charge in [0.25, 0.3) is 0 Å². The van der Waals surface area contributed by atoms with Gasteiger partial charge in [-0.05, 0) is 19.3 Å². The van der Waals surface area contributed by atoms with Crippen LogP contribution in [-0.4, -0.2) is 64.3 Å². The van der Waals surface area contributed by atoms with Gasteiger partial charge in [0.1, 0.15) is 0 Å². The molecule has 23 heavy (non-hydrogen) atoms. The molecule has 1 atom stereocenters. The second-order valence-corrected chi connectivity index (χ2v) is 6.54. The van der Waals surface area contributed by atoms with Crippen LogP contribution in [0.1, 0.15) is 25.0 Å². The number of likely N-dealkylation sites (N-methyl/N-ethyl adjacent to an activating group) is 1. The molecule has 1 aromatic rings. The Labute approximate surface area is 135 Å². The minimum atomic E-state index is -0.326. The van der Waals surface area contributed by atoms with Gasteiger partial charge in [-0.2, -0.15) is 0 Å². The number of hydrogen-bond donors (Lipinski definition) is 1. The van der Waals surface area contributed by atoms with E-state index in [0.717, 1.165) is 31.4 Å². The summed E-state index contributed by atoms with van der Waals surface area (Å²) in [7, 11) is 1.87. The Morgan fingerprint density at radius 1 is 1.39 bits per heavy atom. The monoisotopic (exact) mass is 317 g/mol. The molecule has 2 saturated heterocycles. The van der Waals surface area contributed by atoms with Crippen molar-refractivity contribution in [1.82, 2.24) is 19.8 Å². The third-order valence-corrected chi connectivity index (χ3v) is 5.26. The van der Waals surface area contributed by atoms with Crippen LogP contribution in [0, 0.1) is 5.41 Å². The van der Waals surface area contributed by atoms with E-state index < -0.39 is 0 Å². The number of aromatic nitrogens is 2. The van der Waals surface area contributed by atoms with Crippen molar-refractivity contribution in [2.45, 2.75) is 31.7 Å². The van der Waals surface area contributed by atoms with Gasteiger partial charge in [-0.1, -0.05) is 0 Å². The van der Waals surface area contributed by atoms with Crippen LogP contribution in [-0.2, 0) is 16.0 Å². The summed E-state index contributed by atoms with van der Waals surface area (Å²) >= 11 is 0. The van der Waals surface area contributed by atoms with E-state index in [1.54, 1.807) is 23.5 Å². The van der Waals surface area contributed by atoms with E-state index in [9.17, 15) is 9.59 Å². The first-order valence-corrected chi connectivity index (χ1v) is 8.06. The van der Waals surface area contributed by atoms with Crippen LogP contribution in [0.15, 0.2) is 18.6 Å². The zero-order valence-corrected chi connectivity index (χ0v) is 13.4. The van der Waals surface area contributed by atoms with Crippen molar-refractivity contribution in [3.8, 4) is 0 Å². The normalized spacial score (nSPS) is 23.6. The molecule has 1 aromatic heterocycles. The minimum Gasteiger partial charge on any atom is -0.342 e. The predicted molar refractivity (Wildman–Crippen MR) is 84.2 cm³/mol. The highest BCUT2D eigenvalue weighted by molar-refractivity contribution is 5.86. The molecular weight excluding hydrogens is 294 g/mol. The number of nitrogens with two attached hydrogens (primary N) is 1. The van der Waals surface area contributed by atoms with E-state index in [1.165, 1.54) is 0 Å². The fraction of sp³-hybridized carbons (Fsp3) is 0.625. The fourth-order valence-corrected chi connectivity index (χ4v) is 3.83. The predicted octanol–water partition coefficient (Wildman–Crippen LogP) is -0.183. The van der Waals surface area contributed by atoms with Crippen LogP contribution >= 0.6 is 0 Å². The summed E-state index contributed by atoms with van der Waals surface area (Å²) in [4.78, 5) is 36.5. The van der Waals surface area contributed by atoms with Crippen molar-refractivity contribution in [2.24, 2.45) is 11.1 Å². The largest absolute Gasteiger partial charge is 0.342 e. The molecule has 3 heterocycles. The first-order valence-electron chi connectivity index (χ1n) is 8.06. The smallest absolute Gasteiger partial charge is 0.236 e. The molecule has 0 aromatic carbocycles. The van der Waals surface area contributed by atoms with E-state index in [4.69, 9.17) is 5.73 Å². The van der Waals surface area contributed by atoms with Crippen molar-refractivity contribution < 1.29 is 9.59 Å². The van der Waals surface area contributed by atoms with E-state index in [0.29, 0.717) is 13.1 Å². The Morgan fingerprint density at radius 3 is 2.74 bits per heavy atom. The van der Waals surface area contributed by atoms with Gasteiger partial charge >= 0.3 is 0 Å². The Hall–Kier alpha value is -2.02. The first-order chi connectivity index (χ1) is 11.1. The van der Waals surface area contributed by atoms with Crippen LogP contribution in [0.3, 0.4) is 0 Å². The quantitative estimate of drug-likeness (QED) is 0.835. The number of carbonyl (C=O) groups is 2. The Balaban J connectivity index is 1.68. The third kappa shape index (κ3) is 2.93. The molecule has 0 aliphatic carbocycles. The van der Waals surface area contributed by atoms with E-state index in [-0.39, 0.29) is 29.8 Å². The van der Waals surface area contributed by atoms with Crippen molar-refractivity contribution in [2.75, 3.05) is 26.7 Å². The van der Waals surface area contributed by atoms with Crippen LogP contribution in [0.2, 0.25) is 0 Å². The average molecular weight is 317 g/mol. The van der Waals surface area contributed by atoms with Crippen molar-refractivity contribution in [1.29, 1.82) is 0 Å². The maximum absolute atomic E-state index is 12.8. The molecule has 2 aliphatic heterocycles. The molecule has 3 rings (SSSR count). The summed E-state index contributed by atoms with van der Waals surface area (Å²) in [6, 6.07) is 0.149. The van der Waals surface area contributed by atoms with E-state index >= 15 is 0 Å². The van der Waals surface area contributed by atoms with Crippen LogP contribution in [0.5, 0.6) is 0 Å². The summed E-state index contributed by atoms with van der Waals surface area (Å²) in [5.41, 5.74) is 6.01. The van der Waals surface area contributed by atoms with E-state index in [2.05, 4.69) is 9.97 Å². The molecule has 0 saturated carbocycles. The highest BCUT2D eigenvalue weighted by atomic mass is 16.2. The minimum absolute atomic E-state index is 0.0326. The van der Waals surface area contributed by atoms with Gasteiger partial charge in [-0.15, -0.1) is 0 Å². The number of hydrogen-bond acceptors (Lipinski definition) is 5. The Bertz CT molecular complexity index is 583. The third-order valence-electron chi connectivity index (χ3n) is 5.26. The highest BCUT2D eigenvalue weighted by Crippen LogP contribution is 2.44. The first kappa shape index (κ1) is 15.9. The topological polar surface area (TPSA) is 92.4 Å². The zero-order valence-electron chi connectivity index (χ0n) is 13.4. The van der Waals surface area contributed by atoms with E-state index in [1.807, 2.05) is 11.9 Å². The van der Waals surface area contributed by atoms with Crippen molar-refractivity contribution >= 4 is 11.8 Å². The lowest BCUT2D eigenvalue weighted by molar-refractivity contribution is -0.141. The molecule has 2 amide bonds. The van der Waals surface area contributed by atoms with Gasteiger partial charge in [-0.3, -0.25) is 19.6 Å². The molecule has 0 radical (unpaired) electrons. The van der Waals surface area contributed by atoms with Crippen LogP contribution in [0.25, 0.3) is 0 Å². The summed E-state index contributed by atoms with van der Waals surface area (Å²) in [5.74, 6) is 0.168. The van der Waals surface area contributed by atoms with Gasteiger partial charge in [-0.25, -0.2) is 0 Å². The second-order valence-electron chi connectivity index (χ2n) is 6.54. The molecular formula is C16H23N5O2. The summed E-state index contributed by atoms with van der Waals surface area (Å²) in [6.45, 7) is 1.27. The molecule has 1 unspecified atom stereocenters. The number of rotatable bonds is 3. The van der Waals surface area contributed by atoms with Gasteiger partial charge in [0.05, 0.1) is 17.7 Å². The summed E-state index contributed by atoms with van der Waals surface area (Å²) < 4.78 is 0. The number of likely N-dealkylation sites (tertiary alicyclic amines) is 2. The van der Waals surface area contributed by atoms with Crippen molar-refractivity contribution in [3.63, 3.8) is 0 Å². The maximum Gasteiger partial charge on any atom is 0.236 e. The Kier molecular flexibility index (Phi) is 4.30. The second kappa shape index (κ2) is 6.23. The number of nitrogens with zero attached hydrogens (tertiary/aromatic N) is 4. The number of piperidine rings is 1. The zero-order chi connectivity index (χ0) is 16.4. The number of amides is 2. The number of carbonyl (C=O) groups excluding carboxylic acids is 2. The van der Waals surface area contributed by atoms with Gasteiger partial charge in [0.15, 0.2) is 0 Å². The molecule has 1 spiro atoms. The van der Waals surface area contributed by atoms with Crippen LogP contribution < -0.4 is 5.73 Å². The summed E-state index contributed by atoms with van der Waals surface area (Å²) in [6.07, 6.45) is 8.08. The Morgan fingerprint density at radius 2 is 2.13 bits per heavy atom. The summed E-state index contributed by atoms with van der Waals surface area (Å²) in [5, 5.41) is 0. The highest BCUT2D eigenvalue weighted by Gasteiger charge is 2.51. The lowest BCUT2D eigenvalue weighted by Gasteiger charge is -2.37. The molecule has 7 nitrogen and oxygen atoms in total. The van der Waals surface area contributed by atoms with Crippen molar-refractivity contribution in [3.05, 3.63) is 24.3 Å². The fourth-order valence-electron chi connectivity index (χ4n) is 3.83. The molecule has 7 heteroatoms. The van der Waals surface area contributed by atoms with Gasteiger partial charge < -0.3 is 15.5 Å². The van der Waals surface area contributed by atoms with Gasteiger partial charge in [0.2, 0.25) is 11.8 Å². The van der Waals surface area contributed by atoms with Crippen LogP contribution in [0.4, 0.5) is 0 Å². The molecule has 2 aliphatic rings.